The molecule has 0 spiro atoms. The van der Waals surface area contributed by atoms with E-state index in [1.807, 2.05) is 20.3 Å². The first-order valence-corrected chi connectivity index (χ1v) is 3.85. The first-order valence-electron chi connectivity index (χ1n) is 3.85. The van der Waals surface area contributed by atoms with Gasteiger partial charge in [-0.3, -0.25) is 0 Å². The van der Waals surface area contributed by atoms with E-state index in [1.165, 1.54) is 0 Å². The maximum absolute atomic E-state index is 5.19. The van der Waals surface area contributed by atoms with Gasteiger partial charge in [-0.15, -0.1) is 12.3 Å². The van der Waals surface area contributed by atoms with Crippen molar-refractivity contribution in [3.8, 4) is 12.3 Å². The molecule has 0 saturated carbocycles. The standard InChI is InChI=1S/C9H16N2/c1-5-7-9(6-2)8-10-11(3)4/h1,8-9H,6-7H2,2-4H3. The molecule has 0 N–H and O–H groups in total. The lowest BCUT2D eigenvalue weighted by Gasteiger charge is -2.07. The molecular formula is C9H16N2. The molecular weight excluding hydrogens is 136 g/mol. The summed E-state index contributed by atoms with van der Waals surface area (Å²) < 4.78 is 0. The molecule has 1 atom stereocenters. The lowest BCUT2D eigenvalue weighted by atomic mass is 10.1. The van der Waals surface area contributed by atoms with Gasteiger partial charge in [-0.1, -0.05) is 6.92 Å². The second-order valence-electron chi connectivity index (χ2n) is 2.69. The zero-order valence-electron chi connectivity index (χ0n) is 7.54. The zero-order chi connectivity index (χ0) is 8.69. The maximum Gasteiger partial charge on any atom is 0.0285 e. The fraction of sp³-hybridized carbons (Fsp3) is 0.667. The Balaban J connectivity index is 3.78. The van der Waals surface area contributed by atoms with Crippen molar-refractivity contribution in [1.29, 1.82) is 0 Å². The monoisotopic (exact) mass is 152 g/mol. The Hall–Kier alpha value is -0.970. The van der Waals surface area contributed by atoms with Crippen LogP contribution in [0.3, 0.4) is 0 Å². The van der Waals surface area contributed by atoms with E-state index in [9.17, 15) is 0 Å². The average Bonchev–Trinajstić information content (AvgIpc) is 1.97. The van der Waals surface area contributed by atoms with E-state index >= 15 is 0 Å². The molecule has 11 heavy (non-hydrogen) atoms. The molecule has 0 aromatic carbocycles. The zero-order valence-corrected chi connectivity index (χ0v) is 7.54. The van der Waals surface area contributed by atoms with Crippen molar-refractivity contribution in [3.05, 3.63) is 0 Å². The minimum atomic E-state index is 0.433. The number of terminal acetylenes is 1. The first kappa shape index (κ1) is 10.0. The minimum absolute atomic E-state index is 0.433. The highest BCUT2D eigenvalue weighted by Crippen LogP contribution is 2.03. The van der Waals surface area contributed by atoms with Gasteiger partial charge in [0.15, 0.2) is 0 Å². The van der Waals surface area contributed by atoms with Crippen LogP contribution >= 0.6 is 0 Å². The van der Waals surface area contributed by atoms with Crippen molar-refractivity contribution in [2.45, 2.75) is 19.8 Å². The molecule has 0 heterocycles. The molecule has 62 valence electrons. The number of hydrogen-bond acceptors (Lipinski definition) is 2. The van der Waals surface area contributed by atoms with E-state index in [2.05, 4.69) is 17.9 Å². The third-order valence-electron chi connectivity index (χ3n) is 1.41. The summed E-state index contributed by atoms with van der Waals surface area (Å²) in [5.74, 6) is 3.07. The Morgan fingerprint density at radius 3 is 2.64 bits per heavy atom. The van der Waals surface area contributed by atoms with Crippen LogP contribution in [0.4, 0.5) is 0 Å². The van der Waals surface area contributed by atoms with Crippen molar-refractivity contribution in [2.75, 3.05) is 14.1 Å². The lowest BCUT2D eigenvalue weighted by Crippen LogP contribution is -2.06. The van der Waals surface area contributed by atoms with E-state index in [0.717, 1.165) is 12.8 Å². The first-order chi connectivity index (χ1) is 5.20. The van der Waals surface area contributed by atoms with Gasteiger partial charge in [0, 0.05) is 32.6 Å². The van der Waals surface area contributed by atoms with Gasteiger partial charge in [0.2, 0.25) is 0 Å². The van der Waals surface area contributed by atoms with Crippen molar-refractivity contribution < 1.29 is 0 Å². The lowest BCUT2D eigenvalue weighted by molar-refractivity contribution is 0.435. The van der Waals surface area contributed by atoms with E-state index in [0.29, 0.717) is 5.92 Å². The van der Waals surface area contributed by atoms with Crippen molar-refractivity contribution in [2.24, 2.45) is 11.0 Å². The Morgan fingerprint density at radius 2 is 2.27 bits per heavy atom. The molecule has 1 unspecified atom stereocenters. The van der Waals surface area contributed by atoms with Gasteiger partial charge in [-0.05, 0) is 6.42 Å². The van der Waals surface area contributed by atoms with Gasteiger partial charge in [0.25, 0.3) is 0 Å². The summed E-state index contributed by atoms with van der Waals surface area (Å²) in [7, 11) is 3.80. The van der Waals surface area contributed by atoms with E-state index in [4.69, 9.17) is 6.42 Å². The summed E-state index contributed by atoms with van der Waals surface area (Å²) in [5, 5.41) is 5.90. The summed E-state index contributed by atoms with van der Waals surface area (Å²) in [6.45, 7) is 2.11. The van der Waals surface area contributed by atoms with Crippen LogP contribution in [0, 0.1) is 18.3 Å². The third kappa shape index (κ3) is 5.47. The maximum atomic E-state index is 5.19. The van der Waals surface area contributed by atoms with Crippen LogP contribution < -0.4 is 0 Å². The molecule has 0 aliphatic rings. The Kier molecular flexibility index (Phi) is 5.28. The van der Waals surface area contributed by atoms with Gasteiger partial charge in [0.05, 0.1) is 0 Å². The highest BCUT2D eigenvalue weighted by atomic mass is 15.4. The van der Waals surface area contributed by atoms with Crippen LogP contribution in [0.2, 0.25) is 0 Å². The van der Waals surface area contributed by atoms with Gasteiger partial charge >= 0.3 is 0 Å². The fourth-order valence-corrected chi connectivity index (χ4v) is 0.681. The molecule has 0 aliphatic carbocycles. The topological polar surface area (TPSA) is 15.6 Å². The Morgan fingerprint density at radius 1 is 1.64 bits per heavy atom. The van der Waals surface area contributed by atoms with E-state index in [1.54, 1.807) is 5.01 Å². The third-order valence-corrected chi connectivity index (χ3v) is 1.41. The quantitative estimate of drug-likeness (QED) is 0.339. The second kappa shape index (κ2) is 5.79. The summed E-state index contributed by atoms with van der Waals surface area (Å²) in [4.78, 5) is 0. The van der Waals surface area contributed by atoms with E-state index in [-0.39, 0.29) is 0 Å². The molecule has 0 amide bonds. The summed E-state index contributed by atoms with van der Waals surface area (Å²) in [5.41, 5.74) is 0. The largest absolute Gasteiger partial charge is 0.303 e. The van der Waals surface area contributed by atoms with Crippen LogP contribution in [0.1, 0.15) is 19.8 Å². The van der Waals surface area contributed by atoms with Crippen LogP contribution in [-0.4, -0.2) is 25.3 Å². The normalized spacial score (nSPS) is 12.9. The molecule has 2 heteroatoms. The second-order valence-corrected chi connectivity index (χ2v) is 2.69. The average molecular weight is 152 g/mol. The smallest absolute Gasteiger partial charge is 0.0285 e. The Labute approximate surface area is 69.3 Å². The van der Waals surface area contributed by atoms with Crippen LogP contribution in [0.25, 0.3) is 0 Å². The molecule has 0 fully saturated rings. The highest BCUT2D eigenvalue weighted by Gasteiger charge is 1.98. The SMILES string of the molecule is C#CCC(C=NN(C)C)CC. The molecule has 0 aromatic heterocycles. The summed E-state index contributed by atoms with van der Waals surface area (Å²) in [6.07, 6.45) is 8.95. The molecule has 0 rings (SSSR count). The highest BCUT2D eigenvalue weighted by molar-refractivity contribution is 5.60. The van der Waals surface area contributed by atoms with Gasteiger partial charge in [-0.2, -0.15) is 5.10 Å². The minimum Gasteiger partial charge on any atom is -0.303 e. The van der Waals surface area contributed by atoms with Crippen molar-refractivity contribution in [3.63, 3.8) is 0 Å². The van der Waals surface area contributed by atoms with Crippen LogP contribution in [0.5, 0.6) is 0 Å². The molecule has 0 aromatic rings. The van der Waals surface area contributed by atoms with Crippen LogP contribution in [0.15, 0.2) is 5.10 Å². The number of hydrogen-bond donors (Lipinski definition) is 0. The number of hydrazone groups is 1. The molecule has 0 bridgehead atoms. The van der Waals surface area contributed by atoms with Crippen molar-refractivity contribution in [1.82, 2.24) is 5.01 Å². The van der Waals surface area contributed by atoms with Crippen molar-refractivity contribution >= 4 is 6.21 Å². The fourth-order valence-electron chi connectivity index (χ4n) is 0.681. The Bertz CT molecular complexity index is 153. The number of rotatable bonds is 4. The molecule has 0 aliphatic heterocycles. The molecule has 0 radical (unpaired) electrons. The predicted molar refractivity (Wildman–Crippen MR) is 49.4 cm³/mol. The number of nitrogens with zero attached hydrogens (tertiary/aromatic N) is 2. The summed E-state index contributed by atoms with van der Waals surface area (Å²) in [6, 6.07) is 0. The predicted octanol–water partition coefficient (Wildman–Crippen LogP) is 1.58. The molecule has 0 saturated heterocycles. The van der Waals surface area contributed by atoms with Gasteiger partial charge < -0.3 is 5.01 Å². The van der Waals surface area contributed by atoms with E-state index < -0.39 is 0 Å². The van der Waals surface area contributed by atoms with Crippen LogP contribution in [-0.2, 0) is 0 Å². The van der Waals surface area contributed by atoms with Gasteiger partial charge in [-0.25, -0.2) is 0 Å². The molecule has 2 nitrogen and oxygen atoms in total. The summed E-state index contributed by atoms with van der Waals surface area (Å²) >= 11 is 0. The van der Waals surface area contributed by atoms with Gasteiger partial charge in [0.1, 0.15) is 0 Å².